The molecule has 1 aliphatic heterocycles. The van der Waals surface area contributed by atoms with Crippen LogP contribution in [0.3, 0.4) is 0 Å². The maximum absolute atomic E-state index is 3.05. The Bertz CT molecular complexity index is 300. The fourth-order valence-corrected chi connectivity index (χ4v) is 6.79. The van der Waals surface area contributed by atoms with E-state index >= 15 is 0 Å². The van der Waals surface area contributed by atoms with Crippen LogP contribution in [0.4, 0.5) is 0 Å². The third-order valence-corrected chi connectivity index (χ3v) is 6.87. The predicted molar refractivity (Wildman–Crippen MR) is 68.8 cm³/mol. The highest BCUT2D eigenvalue weighted by Crippen LogP contribution is 2.62. The van der Waals surface area contributed by atoms with Gasteiger partial charge in [-0.05, 0) is 69.1 Å². The Labute approximate surface area is 105 Å². The lowest BCUT2D eigenvalue weighted by molar-refractivity contribution is -0.0564. The normalized spacial score (nSPS) is 63.5. The van der Waals surface area contributed by atoms with E-state index in [-0.39, 0.29) is 0 Å². The van der Waals surface area contributed by atoms with E-state index < -0.39 is 0 Å². The number of fused-ring (bicyclic) bond motifs is 1. The minimum Gasteiger partial charge on any atom is -0.289 e. The van der Waals surface area contributed by atoms with Crippen LogP contribution in [0, 0.1) is 17.8 Å². The number of likely N-dealkylation sites (tertiary alicyclic amines) is 1. The number of rotatable bonds is 1. The van der Waals surface area contributed by atoms with Gasteiger partial charge in [0.15, 0.2) is 0 Å². The van der Waals surface area contributed by atoms with Crippen molar-refractivity contribution in [3.8, 4) is 0 Å². The molecule has 0 spiro atoms. The Kier molecular flexibility index (Phi) is 1.79. The molecule has 94 valence electrons. The molecule has 0 N–H and O–H groups in total. The quantitative estimate of drug-likeness (QED) is 0.623. The van der Waals surface area contributed by atoms with Gasteiger partial charge in [0, 0.05) is 17.6 Å². The minimum absolute atomic E-state index is 0.731. The molecule has 0 amide bonds. The molecule has 5 aliphatic carbocycles. The monoisotopic (exact) mass is 231 g/mol. The molecule has 1 saturated heterocycles. The lowest BCUT2D eigenvalue weighted by atomic mass is 9.53. The Balaban J connectivity index is 1.47. The predicted octanol–water partition coefficient (Wildman–Crippen LogP) is 3.58. The van der Waals surface area contributed by atoms with Gasteiger partial charge in [0.25, 0.3) is 0 Å². The van der Waals surface area contributed by atoms with Crippen LogP contribution in [0.25, 0.3) is 0 Å². The maximum Gasteiger partial charge on any atom is 0.0261 e. The molecule has 1 heterocycles. The first-order valence-corrected chi connectivity index (χ1v) is 8.12. The molecule has 0 aromatic heterocycles. The van der Waals surface area contributed by atoms with Gasteiger partial charge in [-0.3, -0.25) is 4.90 Å². The molecule has 0 aromatic carbocycles. The molecule has 6 aliphatic rings. The zero-order valence-corrected chi connectivity index (χ0v) is 10.9. The fraction of sp³-hybridized carbons (Fsp3) is 1.00. The van der Waals surface area contributed by atoms with Crippen LogP contribution in [-0.2, 0) is 0 Å². The summed E-state index contributed by atoms with van der Waals surface area (Å²) < 4.78 is 0. The third kappa shape index (κ3) is 1.25. The van der Waals surface area contributed by atoms with Crippen LogP contribution in [-0.4, -0.2) is 22.5 Å². The molecule has 1 nitrogen and oxygen atoms in total. The molecule has 1 unspecified atom stereocenters. The van der Waals surface area contributed by atoms with Crippen LogP contribution in [0.15, 0.2) is 0 Å². The number of hydrogen-bond donors (Lipinski definition) is 0. The van der Waals surface area contributed by atoms with E-state index in [1.165, 1.54) is 25.7 Å². The summed E-state index contributed by atoms with van der Waals surface area (Å²) in [7, 11) is 0. The lowest BCUT2D eigenvalue weighted by Gasteiger charge is -2.58. The third-order valence-electron chi connectivity index (χ3n) is 6.87. The summed E-state index contributed by atoms with van der Waals surface area (Å²) in [6, 6.07) is 2.08. The van der Waals surface area contributed by atoms with Crippen LogP contribution in [0.2, 0.25) is 0 Å². The van der Waals surface area contributed by atoms with E-state index in [1.807, 2.05) is 0 Å². The fourth-order valence-electron chi connectivity index (χ4n) is 6.79. The van der Waals surface area contributed by atoms with Gasteiger partial charge < -0.3 is 0 Å². The molecular formula is C16H25N. The van der Waals surface area contributed by atoms with Gasteiger partial charge in [0.2, 0.25) is 0 Å². The summed E-state index contributed by atoms with van der Waals surface area (Å²) in [6.07, 6.45) is 15.7. The summed E-state index contributed by atoms with van der Waals surface area (Å²) in [5, 5.41) is 0. The van der Waals surface area contributed by atoms with E-state index in [1.54, 1.807) is 38.5 Å². The van der Waals surface area contributed by atoms with Crippen molar-refractivity contribution in [2.24, 2.45) is 17.8 Å². The van der Waals surface area contributed by atoms with Gasteiger partial charge in [-0.15, -0.1) is 0 Å². The Hall–Kier alpha value is -0.0400. The molecule has 4 bridgehead atoms. The summed E-state index contributed by atoms with van der Waals surface area (Å²) in [6.45, 7) is 0. The summed E-state index contributed by atoms with van der Waals surface area (Å²) in [4.78, 5) is 3.05. The van der Waals surface area contributed by atoms with Crippen LogP contribution < -0.4 is 0 Å². The van der Waals surface area contributed by atoms with Crippen molar-refractivity contribution >= 4 is 0 Å². The van der Waals surface area contributed by atoms with E-state index in [0.717, 1.165) is 35.4 Å². The van der Waals surface area contributed by atoms with Crippen molar-refractivity contribution in [3.63, 3.8) is 0 Å². The molecule has 0 aromatic rings. The second-order valence-electron chi connectivity index (χ2n) is 7.97. The van der Waals surface area contributed by atoms with Crippen LogP contribution >= 0.6 is 0 Å². The molecule has 3 atom stereocenters. The molecule has 6 rings (SSSR count). The molecule has 0 radical (unpaired) electrons. The van der Waals surface area contributed by atoms with Crippen molar-refractivity contribution in [2.75, 3.05) is 0 Å². The van der Waals surface area contributed by atoms with Crippen LogP contribution in [0.5, 0.6) is 0 Å². The van der Waals surface area contributed by atoms with Crippen LogP contribution in [0.1, 0.15) is 64.2 Å². The maximum atomic E-state index is 3.05. The smallest absolute Gasteiger partial charge is 0.0261 e. The highest BCUT2D eigenvalue weighted by Gasteiger charge is 2.63. The highest BCUT2D eigenvalue weighted by atomic mass is 15.4. The van der Waals surface area contributed by atoms with E-state index in [0.29, 0.717) is 0 Å². The van der Waals surface area contributed by atoms with Gasteiger partial charge in [-0.2, -0.15) is 0 Å². The van der Waals surface area contributed by atoms with Gasteiger partial charge in [0.1, 0.15) is 0 Å². The Morgan fingerprint density at radius 1 is 0.706 bits per heavy atom. The van der Waals surface area contributed by atoms with Crippen molar-refractivity contribution in [1.29, 1.82) is 0 Å². The second kappa shape index (κ2) is 3.10. The van der Waals surface area contributed by atoms with E-state index in [4.69, 9.17) is 0 Å². The second-order valence-corrected chi connectivity index (χ2v) is 7.97. The van der Waals surface area contributed by atoms with E-state index in [2.05, 4.69) is 4.90 Å². The number of hydrogen-bond acceptors (Lipinski definition) is 1. The molecule has 5 saturated carbocycles. The molecule has 1 heteroatoms. The summed E-state index contributed by atoms with van der Waals surface area (Å²) in [5.41, 5.74) is 0.731. The zero-order chi connectivity index (χ0) is 11.0. The first-order valence-electron chi connectivity index (χ1n) is 8.12. The van der Waals surface area contributed by atoms with Gasteiger partial charge in [-0.1, -0.05) is 12.8 Å². The topological polar surface area (TPSA) is 3.01 Å². The SMILES string of the molecule is C1CC[C@H]2[C@@H](C1)N2C12CC3CC(CC(C3)C1)C2. The lowest BCUT2D eigenvalue weighted by Crippen LogP contribution is -2.55. The molecular weight excluding hydrogens is 206 g/mol. The first-order chi connectivity index (χ1) is 8.34. The molecule has 17 heavy (non-hydrogen) atoms. The number of nitrogens with zero attached hydrogens (tertiary/aromatic N) is 1. The van der Waals surface area contributed by atoms with Crippen molar-refractivity contribution in [1.82, 2.24) is 4.90 Å². The Morgan fingerprint density at radius 3 is 1.65 bits per heavy atom. The van der Waals surface area contributed by atoms with Crippen molar-refractivity contribution in [2.45, 2.75) is 81.8 Å². The van der Waals surface area contributed by atoms with Gasteiger partial charge >= 0.3 is 0 Å². The first kappa shape index (κ1) is 9.83. The summed E-state index contributed by atoms with van der Waals surface area (Å²) >= 11 is 0. The Morgan fingerprint density at radius 2 is 1.18 bits per heavy atom. The zero-order valence-electron chi connectivity index (χ0n) is 10.9. The molecule has 6 fully saturated rings. The average molecular weight is 231 g/mol. The standard InChI is InChI=1S/C16H25N/c1-2-4-15-14(3-1)17(15)16-8-11-5-12(9-16)7-13(6-11)10-16/h11-15H,1-10H2/t11?,12?,13?,14-,15+,16?,17?. The average Bonchev–Trinajstić information content (AvgIpc) is 3.01. The van der Waals surface area contributed by atoms with Crippen molar-refractivity contribution in [3.05, 3.63) is 0 Å². The van der Waals surface area contributed by atoms with E-state index in [9.17, 15) is 0 Å². The highest BCUT2D eigenvalue weighted by molar-refractivity contribution is 5.18. The largest absolute Gasteiger partial charge is 0.289 e. The minimum atomic E-state index is 0.731. The summed E-state index contributed by atoms with van der Waals surface area (Å²) in [5.74, 6) is 3.39. The van der Waals surface area contributed by atoms with Gasteiger partial charge in [0.05, 0.1) is 0 Å². The van der Waals surface area contributed by atoms with Crippen molar-refractivity contribution < 1.29 is 0 Å². The van der Waals surface area contributed by atoms with Gasteiger partial charge in [-0.25, -0.2) is 0 Å².